The summed E-state index contributed by atoms with van der Waals surface area (Å²) in [6, 6.07) is 0.541. The van der Waals surface area contributed by atoms with Crippen molar-refractivity contribution in [3.8, 4) is 0 Å². The summed E-state index contributed by atoms with van der Waals surface area (Å²) in [7, 11) is 0. The molecule has 2 fully saturated rings. The molecule has 21 heavy (non-hydrogen) atoms. The third-order valence-corrected chi connectivity index (χ3v) is 5.22. The first kappa shape index (κ1) is 14.8. The maximum absolute atomic E-state index is 12.2. The minimum absolute atomic E-state index is 0.131. The number of aromatic nitrogens is 1. The second-order valence-corrected chi connectivity index (χ2v) is 7.11. The summed E-state index contributed by atoms with van der Waals surface area (Å²) in [6.07, 6.45) is 4.81. The topological polar surface area (TPSA) is 48.5 Å². The Morgan fingerprint density at radius 3 is 2.67 bits per heavy atom. The van der Waals surface area contributed by atoms with E-state index in [0.717, 1.165) is 56.3 Å². The highest BCUT2D eigenvalue weighted by atomic mass is 32.1. The first-order valence-electron chi connectivity index (χ1n) is 7.89. The lowest BCUT2D eigenvalue weighted by Crippen LogP contribution is -2.52. The van der Waals surface area contributed by atoms with Crippen molar-refractivity contribution in [2.45, 2.75) is 45.2 Å². The Bertz CT molecular complexity index is 476. The molecule has 1 saturated heterocycles. The molecule has 2 heterocycles. The lowest BCUT2D eigenvalue weighted by molar-refractivity contribution is 0.132. The number of hydrogen-bond acceptors (Lipinski definition) is 4. The molecule has 0 atom stereocenters. The molecule has 1 aromatic heterocycles. The number of carbonyl (C=O) groups is 1. The molecular weight excluding hydrogens is 284 g/mol. The van der Waals surface area contributed by atoms with Crippen LogP contribution in [0.1, 0.15) is 36.4 Å². The highest BCUT2D eigenvalue weighted by Gasteiger charge is 2.24. The molecule has 0 bridgehead atoms. The van der Waals surface area contributed by atoms with E-state index in [0.29, 0.717) is 6.04 Å². The average Bonchev–Trinajstić information content (AvgIpc) is 3.12. The monoisotopic (exact) mass is 308 g/mol. The van der Waals surface area contributed by atoms with Gasteiger partial charge in [-0.3, -0.25) is 4.90 Å². The lowest BCUT2D eigenvalue weighted by atomic mass is 10.2. The largest absolute Gasteiger partial charge is 0.335 e. The minimum Gasteiger partial charge on any atom is -0.335 e. The van der Waals surface area contributed by atoms with Crippen LogP contribution in [0.15, 0.2) is 5.38 Å². The molecule has 0 spiro atoms. The highest BCUT2D eigenvalue weighted by Crippen LogP contribution is 2.18. The Hall–Kier alpha value is -1.14. The predicted molar refractivity (Wildman–Crippen MR) is 84.5 cm³/mol. The summed E-state index contributed by atoms with van der Waals surface area (Å²) in [4.78, 5) is 21.1. The van der Waals surface area contributed by atoms with Gasteiger partial charge in [0, 0.05) is 44.1 Å². The molecule has 116 valence electrons. The van der Waals surface area contributed by atoms with Crippen LogP contribution in [-0.4, -0.2) is 53.0 Å². The van der Waals surface area contributed by atoms with Gasteiger partial charge in [-0.15, -0.1) is 11.3 Å². The normalized spacial score (nSPS) is 20.9. The van der Waals surface area contributed by atoms with Crippen molar-refractivity contribution in [2.24, 2.45) is 0 Å². The molecule has 2 aliphatic rings. The quantitative estimate of drug-likeness (QED) is 0.931. The fourth-order valence-electron chi connectivity index (χ4n) is 3.16. The first-order valence-corrected chi connectivity index (χ1v) is 8.77. The van der Waals surface area contributed by atoms with Gasteiger partial charge >= 0.3 is 6.03 Å². The summed E-state index contributed by atoms with van der Waals surface area (Å²) >= 11 is 1.70. The number of amides is 2. The highest BCUT2D eigenvalue weighted by molar-refractivity contribution is 7.09. The van der Waals surface area contributed by atoms with Gasteiger partial charge < -0.3 is 10.2 Å². The molecule has 1 aliphatic heterocycles. The molecule has 0 radical (unpaired) electrons. The zero-order valence-corrected chi connectivity index (χ0v) is 13.5. The third-order valence-electron chi connectivity index (χ3n) is 4.39. The van der Waals surface area contributed by atoms with Crippen molar-refractivity contribution >= 4 is 17.4 Å². The van der Waals surface area contributed by atoms with Gasteiger partial charge in [-0.2, -0.15) is 0 Å². The number of rotatable bonds is 3. The van der Waals surface area contributed by atoms with Crippen LogP contribution in [0.25, 0.3) is 0 Å². The smallest absolute Gasteiger partial charge is 0.317 e. The number of piperazine rings is 1. The van der Waals surface area contributed by atoms with E-state index in [1.165, 1.54) is 12.8 Å². The van der Waals surface area contributed by atoms with Gasteiger partial charge in [-0.1, -0.05) is 12.8 Å². The first-order chi connectivity index (χ1) is 10.2. The maximum Gasteiger partial charge on any atom is 0.317 e. The zero-order chi connectivity index (χ0) is 14.7. The van der Waals surface area contributed by atoms with Gasteiger partial charge in [0.2, 0.25) is 0 Å². The number of hydrogen-bond donors (Lipinski definition) is 1. The van der Waals surface area contributed by atoms with E-state index in [4.69, 9.17) is 0 Å². The maximum atomic E-state index is 12.2. The minimum atomic E-state index is 0.131. The molecule has 0 aromatic carbocycles. The Morgan fingerprint density at radius 1 is 1.33 bits per heavy atom. The van der Waals surface area contributed by atoms with Gasteiger partial charge in [-0.05, 0) is 19.8 Å². The van der Waals surface area contributed by atoms with E-state index in [2.05, 4.69) is 20.6 Å². The van der Waals surface area contributed by atoms with Crippen molar-refractivity contribution < 1.29 is 4.79 Å². The lowest BCUT2D eigenvalue weighted by Gasteiger charge is -2.35. The number of aryl methyl sites for hydroxylation is 1. The van der Waals surface area contributed by atoms with Crippen LogP contribution in [-0.2, 0) is 6.54 Å². The number of urea groups is 1. The Morgan fingerprint density at radius 2 is 2.05 bits per heavy atom. The molecule has 3 rings (SSSR count). The summed E-state index contributed by atoms with van der Waals surface area (Å²) in [5.74, 6) is 0. The van der Waals surface area contributed by atoms with Crippen LogP contribution in [0.2, 0.25) is 0 Å². The number of carbonyl (C=O) groups excluding carboxylic acids is 1. The molecular formula is C15H24N4OS. The Balaban J connectivity index is 1.42. The molecule has 1 aromatic rings. The summed E-state index contributed by atoms with van der Waals surface area (Å²) in [5.41, 5.74) is 1.15. The summed E-state index contributed by atoms with van der Waals surface area (Å²) in [5, 5.41) is 6.43. The van der Waals surface area contributed by atoms with E-state index in [-0.39, 0.29) is 6.03 Å². The zero-order valence-electron chi connectivity index (χ0n) is 12.7. The standard InChI is InChI=1S/C15H24N4OS/c1-12-16-14(11-21-12)10-18-6-8-19(9-7-18)15(20)17-13-4-2-3-5-13/h11,13H,2-10H2,1H3,(H,17,20). The second kappa shape index (κ2) is 6.75. The summed E-state index contributed by atoms with van der Waals surface area (Å²) < 4.78 is 0. The fourth-order valence-corrected chi connectivity index (χ4v) is 3.76. The van der Waals surface area contributed by atoms with Crippen LogP contribution in [0.3, 0.4) is 0 Å². The van der Waals surface area contributed by atoms with E-state index in [9.17, 15) is 4.79 Å². The van der Waals surface area contributed by atoms with Crippen molar-refractivity contribution in [2.75, 3.05) is 26.2 Å². The van der Waals surface area contributed by atoms with Crippen molar-refractivity contribution in [1.29, 1.82) is 0 Å². The van der Waals surface area contributed by atoms with Crippen molar-refractivity contribution in [3.05, 3.63) is 16.1 Å². The molecule has 2 amide bonds. The molecule has 1 saturated carbocycles. The number of nitrogens with one attached hydrogen (secondary N) is 1. The van der Waals surface area contributed by atoms with Crippen molar-refractivity contribution in [3.63, 3.8) is 0 Å². The Labute approximate surface area is 130 Å². The third kappa shape index (κ3) is 3.95. The van der Waals surface area contributed by atoms with Crippen LogP contribution in [0.4, 0.5) is 4.79 Å². The van der Waals surface area contributed by atoms with E-state index in [1.807, 2.05) is 11.8 Å². The molecule has 0 unspecified atom stereocenters. The second-order valence-electron chi connectivity index (χ2n) is 6.05. The molecule has 1 N–H and O–H groups in total. The fraction of sp³-hybridized carbons (Fsp3) is 0.733. The van der Waals surface area contributed by atoms with Crippen molar-refractivity contribution in [1.82, 2.24) is 20.1 Å². The van der Waals surface area contributed by atoms with Crippen LogP contribution >= 0.6 is 11.3 Å². The van der Waals surface area contributed by atoms with Crippen LogP contribution in [0.5, 0.6) is 0 Å². The molecule has 6 heteroatoms. The molecule has 1 aliphatic carbocycles. The average molecular weight is 308 g/mol. The van der Waals surface area contributed by atoms with E-state index in [1.54, 1.807) is 11.3 Å². The Kier molecular flexibility index (Phi) is 4.75. The van der Waals surface area contributed by atoms with E-state index >= 15 is 0 Å². The van der Waals surface area contributed by atoms with Gasteiger partial charge in [0.05, 0.1) is 10.7 Å². The van der Waals surface area contributed by atoms with Crippen LogP contribution < -0.4 is 5.32 Å². The van der Waals surface area contributed by atoms with E-state index < -0.39 is 0 Å². The number of nitrogens with zero attached hydrogens (tertiary/aromatic N) is 3. The SMILES string of the molecule is Cc1nc(CN2CCN(C(=O)NC3CCCC3)CC2)cs1. The van der Waals surface area contributed by atoms with Gasteiger partial charge in [0.1, 0.15) is 0 Å². The summed E-state index contributed by atoms with van der Waals surface area (Å²) in [6.45, 7) is 6.47. The van der Waals surface area contributed by atoms with Gasteiger partial charge in [0.25, 0.3) is 0 Å². The van der Waals surface area contributed by atoms with Gasteiger partial charge in [0.15, 0.2) is 0 Å². The van der Waals surface area contributed by atoms with Crippen LogP contribution in [0, 0.1) is 6.92 Å². The predicted octanol–water partition coefficient (Wildman–Crippen LogP) is 2.22. The molecule has 5 nitrogen and oxygen atoms in total. The number of thiazole rings is 1. The van der Waals surface area contributed by atoms with Gasteiger partial charge in [-0.25, -0.2) is 9.78 Å².